The fraction of sp³-hybridized carbons (Fsp3) is 0.562. The zero-order valence-corrected chi connectivity index (χ0v) is 12.3. The highest BCUT2D eigenvalue weighted by Crippen LogP contribution is 2.42. The summed E-state index contributed by atoms with van der Waals surface area (Å²) in [4.78, 5) is 11.7. The molecule has 0 bridgehead atoms. The largest absolute Gasteiger partial charge is 0.462 e. The van der Waals surface area contributed by atoms with Crippen molar-refractivity contribution in [2.75, 3.05) is 11.9 Å². The lowest BCUT2D eigenvalue weighted by Gasteiger charge is -2.49. The fourth-order valence-electron chi connectivity index (χ4n) is 2.33. The Kier molecular flexibility index (Phi) is 4.33. The Bertz CT molecular complexity index is 467. The second-order valence-electron chi connectivity index (χ2n) is 5.98. The maximum absolute atomic E-state index is 11.7. The fourth-order valence-corrected chi connectivity index (χ4v) is 2.33. The molecular formula is C16H23NO3. The maximum Gasteiger partial charge on any atom is 0.338 e. The van der Waals surface area contributed by atoms with Crippen LogP contribution in [-0.4, -0.2) is 29.8 Å². The predicted octanol–water partition coefficient (Wildman–Crippen LogP) is 2.82. The minimum Gasteiger partial charge on any atom is -0.462 e. The molecule has 1 fully saturated rings. The van der Waals surface area contributed by atoms with Crippen molar-refractivity contribution in [2.45, 2.75) is 45.8 Å². The molecule has 1 aromatic rings. The summed E-state index contributed by atoms with van der Waals surface area (Å²) in [5.41, 5.74) is 1.41. The highest BCUT2D eigenvalue weighted by atomic mass is 16.5. The van der Waals surface area contributed by atoms with E-state index in [0.29, 0.717) is 12.2 Å². The van der Waals surface area contributed by atoms with Gasteiger partial charge in [-0.1, -0.05) is 20.8 Å². The first kappa shape index (κ1) is 14.9. The monoisotopic (exact) mass is 277 g/mol. The molecule has 110 valence electrons. The molecule has 1 aliphatic carbocycles. The van der Waals surface area contributed by atoms with Gasteiger partial charge >= 0.3 is 5.97 Å². The number of ether oxygens (including phenoxy) is 1. The molecular weight excluding hydrogens is 254 g/mol. The smallest absolute Gasteiger partial charge is 0.338 e. The van der Waals surface area contributed by atoms with E-state index in [0.717, 1.165) is 18.5 Å². The summed E-state index contributed by atoms with van der Waals surface area (Å²) < 4.78 is 5.09. The van der Waals surface area contributed by atoms with E-state index in [1.54, 1.807) is 12.1 Å². The third-order valence-corrected chi connectivity index (χ3v) is 4.11. The van der Waals surface area contributed by atoms with Crippen LogP contribution in [0.25, 0.3) is 0 Å². The second-order valence-corrected chi connectivity index (χ2v) is 5.98. The molecule has 0 aliphatic heterocycles. The molecule has 0 heterocycles. The van der Waals surface area contributed by atoms with Gasteiger partial charge < -0.3 is 15.2 Å². The maximum atomic E-state index is 11.7. The van der Waals surface area contributed by atoms with Crippen LogP contribution in [-0.2, 0) is 4.74 Å². The second kappa shape index (κ2) is 5.83. The average Bonchev–Trinajstić information content (AvgIpc) is 2.45. The van der Waals surface area contributed by atoms with Gasteiger partial charge in [0.05, 0.1) is 18.3 Å². The third-order valence-electron chi connectivity index (χ3n) is 4.11. The van der Waals surface area contributed by atoms with Crippen LogP contribution in [0, 0.1) is 5.41 Å². The van der Waals surface area contributed by atoms with Crippen LogP contribution in [0.4, 0.5) is 5.69 Å². The highest BCUT2D eigenvalue weighted by Gasteiger charge is 2.47. The Hall–Kier alpha value is -1.55. The van der Waals surface area contributed by atoms with E-state index < -0.39 is 0 Å². The van der Waals surface area contributed by atoms with Crippen LogP contribution in [0.3, 0.4) is 0 Å². The lowest BCUT2D eigenvalue weighted by atomic mass is 9.64. The first-order chi connectivity index (χ1) is 9.45. The molecule has 2 N–H and O–H groups in total. The van der Waals surface area contributed by atoms with E-state index in [9.17, 15) is 9.90 Å². The molecule has 1 aliphatic rings. The number of aliphatic hydroxyl groups excluding tert-OH is 1. The molecule has 20 heavy (non-hydrogen) atoms. The van der Waals surface area contributed by atoms with Crippen LogP contribution in [0.2, 0.25) is 0 Å². The van der Waals surface area contributed by atoms with Gasteiger partial charge in [0.2, 0.25) is 0 Å². The topological polar surface area (TPSA) is 58.6 Å². The summed E-state index contributed by atoms with van der Waals surface area (Å²) in [6.07, 6.45) is 1.33. The number of rotatable bonds is 5. The zero-order valence-electron chi connectivity index (χ0n) is 12.3. The Morgan fingerprint density at radius 2 is 2.05 bits per heavy atom. The van der Waals surface area contributed by atoms with Crippen molar-refractivity contribution in [3.63, 3.8) is 0 Å². The quantitative estimate of drug-likeness (QED) is 0.813. The summed E-state index contributed by atoms with van der Waals surface area (Å²) in [6, 6.07) is 7.55. The van der Waals surface area contributed by atoms with Crippen LogP contribution in [0.5, 0.6) is 0 Å². The van der Waals surface area contributed by atoms with Crippen molar-refractivity contribution in [1.29, 1.82) is 0 Å². The first-order valence-corrected chi connectivity index (χ1v) is 7.17. The minimum atomic E-state index is -0.280. The van der Waals surface area contributed by atoms with Gasteiger partial charge in [-0.05, 0) is 37.1 Å². The van der Waals surface area contributed by atoms with E-state index >= 15 is 0 Å². The van der Waals surface area contributed by atoms with Gasteiger partial charge in [0.15, 0.2) is 0 Å². The number of nitrogens with one attached hydrogen (secondary N) is 1. The van der Waals surface area contributed by atoms with Gasteiger partial charge in [-0.25, -0.2) is 4.79 Å². The number of hydrogen-bond acceptors (Lipinski definition) is 4. The normalized spacial score (nSPS) is 23.8. The summed E-state index contributed by atoms with van der Waals surface area (Å²) in [5, 5.41) is 13.1. The Labute approximate surface area is 120 Å². The van der Waals surface area contributed by atoms with Gasteiger partial charge in [-0.3, -0.25) is 0 Å². The van der Waals surface area contributed by atoms with Crippen molar-refractivity contribution in [3.8, 4) is 0 Å². The van der Waals surface area contributed by atoms with Crippen molar-refractivity contribution in [2.24, 2.45) is 5.41 Å². The van der Waals surface area contributed by atoms with Crippen LogP contribution < -0.4 is 5.32 Å². The average molecular weight is 277 g/mol. The summed E-state index contributed by atoms with van der Waals surface area (Å²) >= 11 is 0. The van der Waals surface area contributed by atoms with E-state index in [1.807, 2.05) is 19.1 Å². The molecule has 0 amide bonds. The number of benzene rings is 1. The van der Waals surface area contributed by atoms with E-state index in [4.69, 9.17) is 4.74 Å². The highest BCUT2D eigenvalue weighted by molar-refractivity contribution is 5.89. The lowest BCUT2D eigenvalue weighted by Crippen LogP contribution is -2.56. The Morgan fingerprint density at radius 1 is 1.40 bits per heavy atom. The summed E-state index contributed by atoms with van der Waals surface area (Å²) in [7, 11) is 0. The molecule has 1 aromatic carbocycles. The Morgan fingerprint density at radius 3 is 2.55 bits per heavy atom. The molecule has 2 rings (SSSR count). The first-order valence-electron chi connectivity index (χ1n) is 7.17. The molecule has 2 atom stereocenters. The van der Waals surface area contributed by atoms with Crippen molar-refractivity contribution < 1.29 is 14.6 Å². The number of esters is 1. The lowest BCUT2D eigenvalue weighted by molar-refractivity contribution is -0.0510. The van der Waals surface area contributed by atoms with E-state index in [1.165, 1.54) is 0 Å². The molecule has 4 nitrogen and oxygen atoms in total. The van der Waals surface area contributed by atoms with E-state index in [-0.39, 0.29) is 23.5 Å². The van der Waals surface area contributed by atoms with Crippen molar-refractivity contribution in [1.82, 2.24) is 0 Å². The number of aliphatic hydroxyl groups is 1. The number of carbonyl (C=O) groups excluding carboxylic acids is 1. The molecule has 1 saturated carbocycles. The Balaban J connectivity index is 1.94. The molecule has 4 heteroatoms. The minimum absolute atomic E-state index is 0.112. The van der Waals surface area contributed by atoms with Gasteiger partial charge in [0.1, 0.15) is 0 Å². The zero-order chi connectivity index (χ0) is 14.8. The number of hydrogen-bond donors (Lipinski definition) is 2. The van der Waals surface area contributed by atoms with Crippen LogP contribution in [0.1, 0.15) is 44.0 Å². The SMILES string of the molecule is CCCOC(=O)c1ccc(NC2CC(O)C2(C)C)cc1. The van der Waals surface area contributed by atoms with Gasteiger partial charge in [0.25, 0.3) is 0 Å². The molecule has 0 radical (unpaired) electrons. The van der Waals surface area contributed by atoms with Gasteiger partial charge in [0, 0.05) is 17.1 Å². The van der Waals surface area contributed by atoms with E-state index in [2.05, 4.69) is 19.2 Å². The number of carbonyl (C=O) groups is 1. The number of anilines is 1. The van der Waals surface area contributed by atoms with Gasteiger partial charge in [-0.15, -0.1) is 0 Å². The third kappa shape index (κ3) is 2.96. The predicted molar refractivity (Wildman–Crippen MR) is 78.8 cm³/mol. The summed E-state index contributed by atoms with van der Waals surface area (Å²) in [6.45, 7) is 6.52. The van der Waals surface area contributed by atoms with Crippen LogP contribution >= 0.6 is 0 Å². The molecule has 0 aromatic heterocycles. The van der Waals surface area contributed by atoms with Crippen molar-refractivity contribution in [3.05, 3.63) is 29.8 Å². The van der Waals surface area contributed by atoms with Crippen molar-refractivity contribution >= 4 is 11.7 Å². The van der Waals surface area contributed by atoms with Gasteiger partial charge in [-0.2, -0.15) is 0 Å². The van der Waals surface area contributed by atoms with Crippen LogP contribution in [0.15, 0.2) is 24.3 Å². The molecule has 0 saturated heterocycles. The molecule has 0 spiro atoms. The standard InChI is InChI=1S/C16H23NO3/c1-4-9-20-15(19)11-5-7-12(8-6-11)17-13-10-14(18)16(13,2)3/h5-8,13-14,17-18H,4,9-10H2,1-3H3. The summed E-state index contributed by atoms with van der Waals surface area (Å²) in [5.74, 6) is -0.280. The molecule has 2 unspecified atom stereocenters.